The normalized spacial score (nSPS) is 29.3. The number of carbonyl (C=O) groups is 1. The van der Waals surface area contributed by atoms with Crippen molar-refractivity contribution in [1.82, 2.24) is 4.98 Å². The van der Waals surface area contributed by atoms with Gasteiger partial charge in [0.05, 0.1) is 5.41 Å². The van der Waals surface area contributed by atoms with Crippen molar-refractivity contribution in [3.8, 4) is 0 Å². The molecular formula is C20H21NO2. The van der Waals surface area contributed by atoms with Crippen molar-refractivity contribution < 1.29 is 9.90 Å². The molecule has 1 aromatic heterocycles. The van der Waals surface area contributed by atoms with Crippen LogP contribution in [-0.4, -0.2) is 16.1 Å². The summed E-state index contributed by atoms with van der Waals surface area (Å²) in [5.74, 6) is 0.0157. The Balaban J connectivity index is 1.76. The Morgan fingerprint density at radius 2 is 1.87 bits per heavy atom. The van der Waals surface area contributed by atoms with Gasteiger partial charge in [0.1, 0.15) is 0 Å². The Morgan fingerprint density at radius 3 is 2.48 bits per heavy atom. The first-order valence-electron chi connectivity index (χ1n) is 8.42. The fourth-order valence-corrected chi connectivity index (χ4v) is 4.20. The molecule has 0 saturated heterocycles. The predicted molar refractivity (Wildman–Crippen MR) is 88.5 cm³/mol. The molecule has 2 fully saturated rings. The second-order valence-corrected chi connectivity index (χ2v) is 6.85. The van der Waals surface area contributed by atoms with Crippen LogP contribution in [0.2, 0.25) is 0 Å². The van der Waals surface area contributed by atoms with Gasteiger partial charge in [0, 0.05) is 29.6 Å². The highest BCUT2D eigenvalue weighted by molar-refractivity contribution is 5.84. The number of pyridine rings is 1. The Hall–Kier alpha value is -2.16. The van der Waals surface area contributed by atoms with Crippen molar-refractivity contribution in [3.05, 3.63) is 65.5 Å². The maximum atomic E-state index is 12.1. The first kappa shape index (κ1) is 14.4. The van der Waals surface area contributed by atoms with Gasteiger partial charge in [-0.2, -0.15) is 0 Å². The molecule has 3 unspecified atom stereocenters. The smallest absolute Gasteiger partial charge is 0.310 e. The molecule has 3 nitrogen and oxygen atoms in total. The Bertz CT molecular complexity index is 738. The van der Waals surface area contributed by atoms with Gasteiger partial charge in [-0.05, 0) is 42.5 Å². The quantitative estimate of drug-likeness (QED) is 0.895. The summed E-state index contributed by atoms with van der Waals surface area (Å²) in [4.78, 5) is 16.6. The lowest BCUT2D eigenvalue weighted by Gasteiger charge is -2.10. The highest BCUT2D eigenvalue weighted by Gasteiger charge is 2.69. The van der Waals surface area contributed by atoms with Gasteiger partial charge < -0.3 is 5.11 Å². The average Bonchev–Trinajstić information content (AvgIpc) is 3.48. The molecule has 1 N–H and O–H groups in total. The molecule has 2 aliphatic rings. The molecule has 1 aromatic carbocycles. The molecule has 4 rings (SSSR count). The van der Waals surface area contributed by atoms with E-state index in [0.717, 1.165) is 16.8 Å². The molecule has 0 radical (unpaired) electrons. The fourth-order valence-electron chi connectivity index (χ4n) is 4.20. The molecule has 3 atom stereocenters. The number of aromatic nitrogens is 1. The molecule has 23 heavy (non-hydrogen) atoms. The molecule has 3 heteroatoms. The first-order chi connectivity index (χ1) is 11.2. The topological polar surface area (TPSA) is 50.2 Å². The van der Waals surface area contributed by atoms with Crippen LogP contribution in [-0.2, 0) is 4.79 Å². The van der Waals surface area contributed by atoms with Gasteiger partial charge in [-0.3, -0.25) is 9.78 Å². The van der Waals surface area contributed by atoms with E-state index < -0.39 is 11.4 Å². The molecule has 0 amide bonds. The van der Waals surface area contributed by atoms with Crippen LogP contribution in [0.25, 0.3) is 0 Å². The largest absolute Gasteiger partial charge is 0.481 e. The summed E-state index contributed by atoms with van der Waals surface area (Å²) < 4.78 is 0. The van der Waals surface area contributed by atoms with Gasteiger partial charge >= 0.3 is 5.97 Å². The van der Waals surface area contributed by atoms with Crippen molar-refractivity contribution in [2.24, 2.45) is 5.41 Å². The number of carboxylic acid groups (broad SMARTS) is 1. The maximum absolute atomic E-state index is 12.1. The summed E-state index contributed by atoms with van der Waals surface area (Å²) in [5, 5.41) is 9.94. The van der Waals surface area contributed by atoms with E-state index in [4.69, 9.17) is 0 Å². The van der Waals surface area contributed by atoms with E-state index in [1.54, 1.807) is 0 Å². The standard InChI is InChI=1S/C20H21NO2/c1-2-20(19(22)23)17(14-6-4-3-5-7-14)18(20)15-10-11-21-16(12-15)13-8-9-13/h3-7,10-13,17-18H,2,8-9H2,1H3,(H,22,23). The number of carboxylic acids is 1. The summed E-state index contributed by atoms with van der Waals surface area (Å²) in [7, 11) is 0. The highest BCUT2D eigenvalue weighted by Crippen LogP contribution is 2.72. The lowest BCUT2D eigenvalue weighted by molar-refractivity contribution is -0.143. The van der Waals surface area contributed by atoms with Crippen LogP contribution in [0.4, 0.5) is 0 Å². The monoisotopic (exact) mass is 307 g/mol. The van der Waals surface area contributed by atoms with E-state index in [2.05, 4.69) is 23.2 Å². The number of hydrogen-bond donors (Lipinski definition) is 1. The summed E-state index contributed by atoms with van der Waals surface area (Å²) in [6.07, 6.45) is 4.92. The Labute approximate surface area is 136 Å². The van der Waals surface area contributed by atoms with E-state index in [1.807, 2.05) is 37.4 Å². The molecule has 0 spiro atoms. The summed E-state index contributed by atoms with van der Waals surface area (Å²) in [5.41, 5.74) is 2.73. The zero-order valence-electron chi connectivity index (χ0n) is 13.3. The highest BCUT2D eigenvalue weighted by atomic mass is 16.4. The molecule has 2 aromatic rings. The van der Waals surface area contributed by atoms with E-state index in [0.29, 0.717) is 12.3 Å². The van der Waals surface area contributed by atoms with Crippen molar-refractivity contribution >= 4 is 5.97 Å². The number of hydrogen-bond acceptors (Lipinski definition) is 2. The van der Waals surface area contributed by atoms with Gasteiger partial charge in [-0.15, -0.1) is 0 Å². The molecule has 1 heterocycles. The van der Waals surface area contributed by atoms with Gasteiger partial charge in [-0.1, -0.05) is 37.3 Å². The SMILES string of the molecule is CCC1(C(=O)O)C(c2ccccc2)C1c1ccnc(C2CC2)c1. The first-order valence-corrected chi connectivity index (χ1v) is 8.42. The number of nitrogens with zero attached hydrogens (tertiary/aromatic N) is 1. The lowest BCUT2D eigenvalue weighted by atomic mass is 9.94. The fraction of sp³-hybridized carbons (Fsp3) is 0.400. The molecule has 0 bridgehead atoms. The Morgan fingerprint density at radius 1 is 1.17 bits per heavy atom. The third-order valence-electron chi connectivity index (χ3n) is 5.64. The van der Waals surface area contributed by atoms with E-state index in [1.165, 1.54) is 12.8 Å². The summed E-state index contributed by atoms with van der Waals surface area (Å²) >= 11 is 0. The van der Waals surface area contributed by atoms with Crippen LogP contribution >= 0.6 is 0 Å². The van der Waals surface area contributed by atoms with E-state index >= 15 is 0 Å². The van der Waals surface area contributed by atoms with Crippen LogP contribution in [0, 0.1) is 5.41 Å². The van der Waals surface area contributed by atoms with Crippen LogP contribution in [0.1, 0.15) is 60.8 Å². The number of aliphatic carboxylic acids is 1. The molecular weight excluding hydrogens is 286 g/mol. The zero-order chi connectivity index (χ0) is 16.0. The van der Waals surface area contributed by atoms with Gasteiger partial charge in [0.25, 0.3) is 0 Å². The van der Waals surface area contributed by atoms with Crippen molar-refractivity contribution in [3.63, 3.8) is 0 Å². The summed E-state index contributed by atoms with van der Waals surface area (Å²) in [6.45, 7) is 1.99. The molecule has 2 aliphatic carbocycles. The average molecular weight is 307 g/mol. The van der Waals surface area contributed by atoms with E-state index in [-0.39, 0.29) is 11.8 Å². The minimum atomic E-state index is -0.677. The number of benzene rings is 1. The van der Waals surface area contributed by atoms with Crippen molar-refractivity contribution in [2.45, 2.75) is 43.9 Å². The second-order valence-electron chi connectivity index (χ2n) is 6.85. The van der Waals surface area contributed by atoms with Crippen molar-refractivity contribution in [2.75, 3.05) is 0 Å². The van der Waals surface area contributed by atoms with Crippen LogP contribution in [0.3, 0.4) is 0 Å². The van der Waals surface area contributed by atoms with Crippen LogP contribution < -0.4 is 0 Å². The predicted octanol–water partition coefficient (Wildman–Crippen LogP) is 4.32. The van der Waals surface area contributed by atoms with Gasteiger partial charge in [0.2, 0.25) is 0 Å². The van der Waals surface area contributed by atoms with Crippen LogP contribution in [0.5, 0.6) is 0 Å². The third-order valence-corrected chi connectivity index (χ3v) is 5.64. The van der Waals surface area contributed by atoms with Gasteiger partial charge in [0.15, 0.2) is 0 Å². The molecule has 0 aliphatic heterocycles. The minimum absolute atomic E-state index is 0.0490. The van der Waals surface area contributed by atoms with E-state index in [9.17, 15) is 9.90 Å². The molecule has 2 saturated carbocycles. The lowest BCUT2D eigenvalue weighted by Crippen LogP contribution is -2.17. The van der Waals surface area contributed by atoms with Crippen LogP contribution in [0.15, 0.2) is 48.7 Å². The molecule has 118 valence electrons. The van der Waals surface area contributed by atoms with Crippen molar-refractivity contribution in [1.29, 1.82) is 0 Å². The third kappa shape index (κ3) is 2.18. The zero-order valence-corrected chi connectivity index (χ0v) is 13.3. The summed E-state index contributed by atoms with van der Waals surface area (Å²) in [6, 6.07) is 14.2. The number of rotatable bonds is 5. The second kappa shape index (κ2) is 5.19. The minimum Gasteiger partial charge on any atom is -0.481 e. The Kier molecular flexibility index (Phi) is 3.26. The van der Waals surface area contributed by atoms with Gasteiger partial charge in [-0.25, -0.2) is 0 Å². The maximum Gasteiger partial charge on any atom is 0.310 e.